The molecule has 0 radical (unpaired) electrons. The van der Waals surface area contributed by atoms with Crippen molar-refractivity contribution in [3.63, 3.8) is 0 Å². The Balaban J connectivity index is -0.000000897. The van der Waals surface area contributed by atoms with Crippen LogP contribution in [0.15, 0.2) is 65.7 Å². The number of aryl methyl sites for hydroxylation is 2. The quantitative estimate of drug-likeness (QED) is 0.0288. The molecule has 0 saturated heterocycles. The lowest BCUT2D eigenvalue weighted by atomic mass is 9.72. The summed E-state index contributed by atoms with van der Waals surface area (Å²) in [6.07, 6.45) is 15.2. The summed E-state index contributed by atoms with van der Waals surface area (Å²) in [6, 6.07) is 15.0. The van der Waals surface area contributed by atoms with Crippen LogP contribution in [0.4, 0.5) is 11.4 Å². The lowest BCUT2D eigenvalue weighted by Gasteiger charge is -2.31. The lowest BCUT2D eigenvalue weighted by molar-refractivity contribution is -0.119. The van der Waals surface area contributed by atoms with E-state index in [9.17, 15) is 28.8 Å². The summed E-state index contributed by atoms with van der Waals surface area (Å²) in [5.74, 6) is 1.47. The number of hydrogen-bond acceptors (Lipinski definition) is 15. The Labute approximate surface area is 451 Å². The Morgan fingerprint density at radius 2 is 1.51 bits per heavy atom. The number of nitrogens with zero attached hydrogens (tertiary/aromatic N) is 5. The third kappa shape index (κ3) is 30.4. The number of thiophene rings is 1. The van der Waals surface area contributed by atoms with Crippen LogP contribution < -0.4 is 32.3 Å². The third-order valence-electron chi connectivity index (χ3n) is 10.5. The number of carbonyl (C=O) groups excluding carboxylic acids is 7. The van der Waals surface area contributed by atoms with Crippen LogP contribution in [-0.2, 0) is 51.5 Å². The van der Waals surface area contributed by atoms with Gasteiger partial charge in [-0.2, -0.15) is 0 Å². The second-order valence-corrected chi connectivity index (χ2v) is 17.5. The molecule has 1 aliphatic carbocycles. The van der Waals surface area contributed by atoms with Gasteiger partial charge in [-0.1, -0.05) is 70.9 Å². The Morgan fingerprint density at radius 1 is 0.893 bits per heavy atom. The SMILES string of the molecule is C/C=C\C=O.C=O.CC.CC1(C=O)CCC1.CCCNC.CN.CNCCCCCN(C)C=O.COCc1ccc(NC(=O)CNC=O)cc1.Cc1sc2c(c1C)C(c1ccc(NC=O)cc1)=NCc1nnc(C)n1-2. The fraction of sp³-hybridized carbons (Fsp3) is 0.491. The second-order valence-electron chi connectivity index (χ2n) is 16.3. The molecule has 6 rings (SSSR count). The van der Waals surface area contributed by atoms with E-state index in [2.05, 4.69) is 67.9 Å². The van der Waals surface area contributed by atoms with E-state index in [1.807, 2.05) is 92.0 Å². The van der Waals surface area contributed by atoms with Gasteiger partial charge in [-0.3, -0.25) is 33.5 Å². The van der Waals surface area contributed by atoms with E-state index in [0.29, 0.717) is 31.7 Å². The number of allylic oxidation sites excluding steroid dienone is 2. The molecular formula is C55H89N11O8S. The molecule has 2 aliphatic rings. The van der Waals surface area contributed by atoms with Crippen LogP contribution in [0.5, 0.6) is 0 Å². The van der Waals surface area contributed by atoms with Gasteiger partial charge in [0.05, 0.1) is 18.9 Å². The van der Waals surface area contributed by atoms with Crippen LogP contribution in [0.2, 0.25) is 0 Å². The van der Waals surface area contributed by atoms with Gasteiger partial charge >= 0.3 is 0 Å². The maximum Gasteiger partial charge on any atom is 0.243 e. The molecule has 75 heavy (non-hydrogen) atoms. The molecular weight excluding hydrogens is 975 g/mol. The summed E-state index contributed by atoms with van der Waals surface area (Å²) in [7, 11) is 8.85. The zero-order chi connectivity index (χ0) is 57.5. The summed E-state index contributed by atoms with van der Waals surface area (Å²) >= 11 is 1.74. The average Bonchev–Trinajstić information content (AvgIpc) is 3.88. The number of unbranched alkanes of at least 4 members (excludes halogenated alkanes) is 2. The van der Waals surface area contributed by atoms with Gasteiger partial charge in [0.2, 0.25) is 25.1 Å². The first-order valence-corrected chi connectivity index (χ1v) is 25.8. The van der Waals surface area contributed by atoms with Crippen LogP contribution in [0.1, 0.15) is 118 Å². The molecule has 418 valence electrons. The summed E-state index contributed by atoms with van der Waals surface area (Å²) in [5.41, 5.74) is 11.4. The Kier molecular flexibility index (Phi) is 45.7. The van der Waals surface area contributed by atoms with E-state index in [-0.39, 0.29) is 17.9 Å². The van der Waals surface area contributed by atoms with Crippen molar-refractivity contribution >= 4 is 72.9 Å². The molecule has 4 aromatic rings. The van der Waals surface area contributed by atoms with Crippen molar-refractivity contribution in [2.24, 2.45) is 16.1 Å². The first-order valence-electron chi connectivity index (χ1n) is 25.0. The molecule has 0 unspecified atom stereocenters. The smallest absolute Gasteiger partial charge is 0.243 e. The van der Waals surface area contributed by atoms with Crippen LogP contribution in [0, 0.1) is 26.2 Å². The van der Waals surface area contributed by atoms with Crippen molar-refractivity contribution < 1.29 is 38.3 Å². The number of rotatable bonds is 20. The van der Waals surface area contributed by atoms with E-state index in [1.165, 1.54) is 49.2 Å². The predicted octanol–water partition coefficient (Wildman–Crippen LogP) is 7.32. The lowest BCUT2D eigenvalue weighted by Crippen LogP contribution is -2.26. The van der Waals surface area contributed by atoms with Crippen molar-refractivity contribution in [1.82, 2.24) is 35.6 Å². The highest BCUT2D eigenvalue weighted by molar-refractivity contribution is 7.15. The Bertz CT molecular complexity index is 2190. The average molecular weight is 1060 g/mol. The molecule has 0 atom stereocenters. The standard InChI is InChI=1S/C18H17N5OS.C11H14N2O3.C8H18N2O.C6H10O.C4H11N.C4H6O.C2H6.CH5N.CH2O/c1-10-11(2)25-18-16(10)17(13-4-6-14(7-5-13)20-9-24)19-8-15-22-21-12(3)23(15)18;1-16-7-9-2-4-10(5-3-9)13-11(15)6-12-8-14;1-9-6-4-3-5-7-10(2)8-11;1-6(5-7)3-2-4-6;1-3-4-5-2;1-2-3-4-5;3*1-2/h4-7,9H,8H2,1-3H3,(H,20,24);2-5,8H,6-7H2,1H3,(H,12,14)(H,13,15);8-9H,3-7H2,1-2H3;5H,2-4H2,1H3;5H,3-4H2,1-2H3;2-4H,1H3;1-2H3;2H2,1H3;1H2/b;;;;;3-2-;;;. The highest BCUT2D eigenvalue weighted by Gasteiger charge is 2.30. The zero-order valence-electron chi connectivity index (χ0n) is 47.0. The number of ether oxygens (including phenoxy) is 1. The van der Waals surface area contributed by atoms with Gasteiger partial charge in [-0.15, -0.1) is 21.5 Å². The van der Waals surface area contributed by atoms with Gasteiger partial charge in [0, 0.05) is 53.5 Å². The molecule has 3 heterocycles. The van der Waals surface area contributed by atoms with E-state index in [1.54, 1.807) is 48.5 Å². The van der Waals surface area contributed by atoms with E-state index >= 15 is 0 Å². The predicted molar refractivity (Wildman–Crippen MR) is 307 cm³/mol. The minimum atomic E-state index is -0.258. The molecule has 19 nitrogen and oxygen atoms in total. The van der Waals surface area contributed by atoms with Gasteiger partial charge in [0.25, 0.3) is 0 Å². The molecule has 0 spiro atoms. The number of nitrogens with two attached hydrogens (primary N) is 1. The molecule has 1 aliphatic heterocycles. The summed E-state index contributed by atoms with van der Waals surface area (Å²) in [4.78, 5) is 77.2. The number of benzene rings is 2. The van der Waals surface area contributed by atoms with Gasteiger partial charge < -0.3 is 51.5 Å². The fourth-order valence-corrected chi connectivity index (χ4v) is 7.56. The van der Waals surface area contributed by atoms with Crippen molar-refractivity contribution in [2.45, 2.75) is 113 Å². The molecule has 0 bridgehead atoms. The molecule has 1 saturated carbocycles. The van der Waals surface area contributed by atoms with Crippen molar-refractivity contribution in [3.05, 3.63) is 99.5 Å². The summed E-state index contributed by atoms with van der Waals surface area (Å²) in [5, 5.41) is 23.3. The summed E-state index contributed by atoms with van der Waals surface area (Å²) < 4.78 is 7.08. The van der Waals surface area contributed by atoms with E-state index < -0.39 is 0 Å². The molecule has 4 amide bonds. The number of carbonyl (C=O) groups is 7. The second kappa shape index (κ2) is 47.2. The number of methoxy groups -OCH3 is 1. The minimum Gasteiger partial charge on any atom is -0.380 e. The maximum absolute atomic E-state index is 11.2. The number of aldehydes is 2. The topological polar surface area (TPSA) is 261 Å². The van der Waals surface area contributed by atoms with Gasteiger partial charge in [0.15, 0.2) is 5.82 Å². The normalized spacial score (nSPS) is 11.5. The van der Waals surface area contributed by atoms with Crippen molar-refractivity contribution in [2.75, 3.05) is 72.1 Å². The fourth-order valence-electron chi connectivity index (χ4n) is 6.34. The number of aliphatic imine (C=N–C) groups is 1. The van der Waals surface area contributed by atoms with Gasteiger partial charge in [-0.05, 0) is 135 Å². The van der Waals surface area contributed by atoms with E-state index in [0.717, 1.165) is 103 Å². The monoisotopic (exact) mass is 1060 g/mol. The maximum atomic E-state index is 11.2. The van der Waals surface area contributed by atoms with Crippen LogP contribution in [0.25, 0.3) is 5.00 Å². The number of nitrogens with one attached hydrogen (secondary N) is 5. The number of hydrogen-bond donors (Lipinski definition) is 6. The first kappa shape index (κ1) is 72.7. The largest absolute Gasteiger partial charge is 0.380 e. The number of aromatic nitrogens is 3. The molecule has 2 aromatic carbocycles. The van der Waals surface area contributed by atoms with Gasteiger partial charge in [0.1, 0.15) is 36.7 Å². The number of fused-ring (bicyclic) bond motifs is 3. The molecule has 20 heteroatoms. The zero-order valence-corrected chi connectivity index (χ0v) is 47.9. The summed E-state index contributed by atoms with van der Waals surface area (Å²) in [6.45, 7) is 22.3. The highest BCUT2D eigenvalue weighted by Crippen LogP contribution is 2.38. The number of amides is 4. The number of anilines is 2. The van der Waals surface area contributed by atoms with Crippen LogP contribution >= 0.6 is 11.3 Å². The Morgan fingerprint density at radius 3 is 1.95 bits per heavy atom. The van der Waals surface area contributed by atoms with Crippen LogP contribution in [-0.4, -0.2) is 131 Å². The minimum absolute atomic E-state index is 0.0245. The van der Waals surface area contributed by atoms with E-state index in [4.69, 9.17) is 14.5 Å². The Hall–Kier alpha value is -6.58. The third-order valence-corrected chi connectivity index (χ3v) is 11.7. The van der Waals surface area contributed by atoms with Crippen molar-refractivity contribution in [1.29, 1.82) is 0 Å². The molecule has 1 fully saturated rings. The van der Waals surface area contributed by atoms with Crippen LogP contribution in [0.3, 0.4) is 0 Å². The molecule has 7 N–H and O–H groups in total. The highest BCUT2D eigenvalue weighted by atomic mass is 32.1. The van der Waals surface area contributed by atoms with Gasteiger partial charge in [-0.25, -0.2) is 0 Å². The first-order chi connectivity index (χ1) is 36.3. The van der Waals surface area contributed by atoms with Crippen molar-refractivity contribution in [3.8, 4) is 5.00 Å². The molecule has 2 aromatic heterocycles.